The van der Waals surface area contributed by atoms with Crippen LogP contribution in [0.5, 0.6) is 5.75 Å². The van der Waals surface area contributed by atoms with Gasteiger partial charge >= 0.3 is 6.03 Å². The van der Waals surface area contributed by atoms with Gasteiger partial charge in [0.25, 0.3) is 0 Å². The number of carbonyl (C=O) groups excluding carboxylic acids is 3. The van der Waals surface area contributed by atoms with Gasteiger partial charge in [-0.2, -0.15) is 0 Å². The maximum absolute atomic E-state index is 12.2. The van der Waals surface area contributed by atoms with Crippen molar-refractivity contribution in [2.45, 2.75) is 32.7 Å². The first-order valence-corrected chi connectivity index (χ1v) is 8.82. The van der Waals surface area contributed by atoms with E-state index in [4.69, 9.17) is 16.3 Å². The summed E-state index contributed by atoms with van der Waals surface area (Å²) in [5.74, 6) is -0.191. The molecule has 0 aliphatic rings. The topological polar surface area (TPSA) is 99.8 Å². The molecule has 0 bridgehead atoms. The van der Waals surface area contributed by atoms with Crippen LogP contribution >= 0.6 is 11.6 Å². The average molecular weight is 399 g/mol. The predicted octanol–water partition coefficient (Wildman–Crippen LogP) is 2.23. The van der Waals surface area contributed by atoms with E-state index < -0.39 is 17.5 Å². The molecular weight excluding hydrogens is 372 g/mol. The van der Waals surface area contributed by atoms with Gasteiger partial charge in [0.15, 0.2) is 0 Å². The van der Waals surface area contributed by atoms with Crippen LogP contribution in [0.15, 0.2) is 18.2 Å². The molecule has 0 saturated heterocycles. The van der Waals surface area contributed by atoms with Gasteiger partial charge < -0.3 is 15.4 Å². The van der Waals surface area contributed by atoms with Crippen molar-refractivity contribution in [1.82, 2.24) is 15.5 Å². The zero-order valence-electron chi connectivity index (χ0n) is 16.3. The summed E-state index contributed by atoms with van der Waals surface area (Å²) in [6.45, 7) is 5.83. The Kier molecular flexibility index (Phi) is 8.52. The fourth-order valence-corrected chi connectivity index (χ4v) is 2.32. The molecule has 4 amide bonds. The van der Waals surface area contributed by atoms with Crippen LogP contribution in [0, 0.1) is 0 Å². The van der Waals surface area contributed by atoms with E-state index in [9.17, 15) is 14.4 Å². The van der Waals surface area contributed by atoms with E-state index in [1.165, 1.54) is 7.11 Å². The van der Waals surface area contributed by atoms with E-state index in [2.05, 4.69) is 16.0 Å². The van der Waals surface area contributed by atoms with Crippen LogP contribution < -0.4 is 20.7 Å². The summed E-state index contributed by atoms with van der Waals surface area (Å²) in [6.07, 6.45) is 0.0851. The van der Waals surface area contributed by atoms with Gasteiger partial charge in [0, 0.05) is 23.5 Å². The first-order valence-electron chi connectivity index (χ1n) is 8.44. The summed E-state index contributed by atoms with van der Waals surface area (Å²) in [4.78, 5) is 37.3. The first kappa shape index (κ1) is 22.7. The van der Waals surface area contributed by atoms with Crippen molar-refractivity contribution >= 4 is 35.1 Å². The third-order valence-electron chi connectivity index (χ3n) is 3.31. The van der Waals surface area contributed by atoms with Crippen LogP contribution in [0.1, 0.15) is 27.2 Å². The zero-order chi connectivity index (χ0) is 20.6. The quantitative estimate of drug-likeness (QED) is 0.654. The Morgan fingerprint density at radius 2 is 1.85 bits per heavy atom. The minimum absolute atomic E-state index is 0.0666. The van der Waals surface area contributed by atoms with Crippen molar-refractivity contribution in [3.63, 3.8) is 0 Å². The monoisotopic (exact) mass is 398 g/mol. The summed E-state index contributed by atoms with van der Waals surface area (Å²) in [5, 5.41) is 8.10. The summed E-state index contributed by atoms with van der Waals surface area (Å²) < 4.78 is 5.18. The highest BCUT2D eigenvalue weighted by Crippen LogP contribution is 2.27. The lowest BCUT2D eigenvalue weighted by Gasteiger charge is -2.20. The molecule has 1 aromatic carbocycles. The van der Waals surface area contributed by atoms with Crippen LogP contribution in [0.4, 0.5) is 10.5 Å². The molecule has 1 aromatic rings. The third kappa shape index (κ3) is 9.25. The Hall–Kier alpha value is -2.32. The van der Waals surface area contributed by atoms with Crippen LogP contribution in [-0.2, 0) is 9.59 Å². The van der Waals surface area contributed by atoms with E-state index in [0.717, 1.165) is 0 Å². The van der Waals surface area contributed by atoms with Crippen molar-refractivity contribution in [3.05, 3.63) is 23.2 Å². The first-order chi connectivity index (χ1) is 12.5. The van der Waals surface area contributed by atoms with Crippen molar-refractivity contribution < 1.29 is 19.1 Å². The van der Waals surface area contributed by atoms with Crippen molar-refractivity contribution in [2.24, 2.45) is 0 Å². The Balaban J connectivity index is 2.43. The predicted molar refractivity (Wildman–Crippen MR) is 105 cm³/mol. The number of rotatable bonds is 7. The van der Waals surface area contributed by atoms with Crippen LogP contribution in [0.3, 0.4) is 0 Å². The normalized spacial score (nSPS) is 11.1. The van der Waals surface area contributed by atoms with Crippen molar-refractivity contribution in [1.29, 1.82) is 0 Å². The molecule has 0 radical (unpaired) electrons. The highest BCUT2D eigenvalue weighted by molar-refractivity contribution is 6.31. The Morgan fingerprint density at radius 3 is 2.44 bits per heavy atom. The minimum Gasteiger partial charge on any atom is -0.495 e. The Labute approximate surface area is 164 Å². The number of imide groups is 1. The molecule has 1 rings (SSSR count). The number of nitrogens with zero attached hydrogens (tertiary/aromatic N) is 1. The second-order valence-corrected chi connectivity index (χ2v) is 7.57. The molecule has 0 aliphatic carbocycles. The molecule has 0 aliphatic heterocycles. The number of nitrogens with one attached hydrogen (secondary N) is 3. The zero-order valence-corrected chi connectivity index (χ0v) is 17.1. The highest BCUT2D eigenvalue weighted by Gasteiger charge is 2.16. The van der Waals surface area contributed by atoms with Gasteiger partial charge in [-0.3, -0.25) is 19.8 Å². The molecule has 0 atom stereocenters. The van der Waals surface area contributed by atoms with Gasteiger partial charge in [0.2, 0.25) is 11.8 Å². The number of benzene rings is 1. The van der Waals surface area contributed by atoms with E-state index in [0.29, 0.717) is 23.0 Å². The molecule has 0 unspecified atom stereocenters. The molecule has 0 fully saturated rings. The third-order valence-corrected chi connectivity index (χ3v) is 3.55. The number of hydrogen-bond donors (Lipinski definition) is 3. The number of urea groups is 1. The number of methoxy groups -OCH3 is 1. The van der Waals surface area contributed by atoms with E-state index in [1.807, 2.05) is 20.8 Å². The molecule has 150 valence electrons. The van der Waals surface area contributed by atoms with E-state index >= 15 is 0 Å². The highest BCUT2D eigenvalue weighted by atomic mass is 35.5. The number of likely N-dealkylation sites (N-methyl/N-ethyl adjacent to an activating group) is 1. The molecule has 8 nitrogen and oxygen atoms in total. The van der Waals surface area contributed by atoms with E-state index in [-0.39, 0.29) is 18.9 Å². The van der Waals surface area contributed by atoms with Gasteiger partial charge in [0.1, 0.15) is 5.75 Å². The number of carbonyl (C=O) groups is 3. The Bertz CT molecular complexity index is 688. The molecule has 27 heavy (non-hydrogen) atoms. The molecule has 0 spiro atoms. The minimum atomic E-state index is -0.541. The number of ether oxygens (including phenoxy) is 1. The van der Waals surface area contributed by atoms with Gasteiger partial charge in [0.05, 0.1) is 19.3 Å². The van der Waals surface area contributed by atoms with Gasteiger partial charge in [-0.15, -0.1) is 0 Å². The number of hydrogen-bond acceptors (Lipinski definition) is 5. The Morgan fingerprint density at radius 1 is 1.19 bits per heavy atom. The van der Waals surface area contributed by atoms with Gasteiger partial charge in [-0.1, -0.05) is 11.6 Å². The smallest absolute Gasteiger partial charge is 0.321 e. The second-order valence-electron chi connectivity index (χ2n) is 7.13. The average Bonchev–Trinajstić information content (AvgIpc) is 2.51. The molecule has 0 heterocycles. The van der Waals surface area contributed by atoms with Gasteiger partial charge in [-0.25, -0.2) is 4.79 Å². The van der Waals surface area contributed by atoms with E-state index in [1.54, 1.807) is 30.1 Å². The lowest BCUT2D eigenvalue weighted by Crippen LogP contribution is -2.48. The standard InChI is InChI=1S/C18H27ClN4O4/c1-18(2,3)22-17(26)21-15(24)8-9-23(4)11-16(25)20-13-10-12(19)6-7-14(13)27-5/h6-7,10H,8-9,11H2,1-5H3,(H,20,25)(H2,21,22,24,26). The summed E-state index contributed by atoms with van der Waals surface area (Å²) in [5.41, 5.74) is 0.0423. The second kappa shape index (κ2) is 10.1. The SMILES string of the molecule is COc1ccc(Cl)cc1NC(=O)CN(C)CCC(=O)NC(=O)NC(C)(C)C. The number of halogens is 1. The molecule has 0 aromatic heterocycles. The fourth-order valence-electron chi connectivity index (χ4n) is 2.15. The maximum Gasteiger partial charge on any atom is 0.321 e. The lowest BCUT2D eigenvalue weighted by molar-refractivity contribution is -0.121. The summed E-state index contributed by atoms with van der Waals surface area (Å²) in [7, 11) is 3.21. The summed E-state index contributed by atoms with van der Waals surface area (Å²) >= 11 is 5.93. The van der Waals surface area contributed by atoms with Crippen molar-refractivity contribution in [3.8, 4) is 5.75 Å². The largest absolute Gasteiger partial charge is 0.495 e. The number of amides is 4. The summed E-state index contributed by atoms with van der Waals surface area (Å²) in [6, 6.07) is 4.38. The maximum atomic E-state index is 12.2. The van der Waals surface area contributed by atoms with Crippen LogP contribution in [0.2, 0.25) is 5.02 Å². The lowest BCUT2D eigenvalue weighted by atomic mass is 10.1. The number of anilines is 1. The van der Waals surface area contributed by atoms with Gasteiger partial charge in [-0.05, 0) is 46.0 Å². The molecular formula is C18H27ClN4O4. The fraction of sp³-hybridized carbons (Fsp3) is 0.500. The molecule has 9 heteroatoms. The van der Waals surface area contributed by atoms with Crippen LogP contribution in [0.25, 0.3) is 0 Å². The molecule has 3 N–H and O–H groups in total. The van der Waals surface area contributed by atoms with Crippen molar-refractivity contribution in [2.75, 3.05) is 32.6 Å². The molecule has 0 saturated carbocycles. The van der Waals surface area contributed by atoms with Crippen LogP contribution in [-0.4, -0.2) is 55.5 Å².